The summed E-state index contributed by atoms with van der Waals surface area (Å²) in [6, 6.07) is 0. The summed E-state index contributed by atoms with van der Waals surface area (Å²) in [5.74, 6) is 0.720. The van der Waals surface area contributed by atoms with Crippen LogP contribution in [0.15, 0.2) is 0 Å². The van der Waals surface area contributed by atoms with Gasteiger partial charge in [-0.05, 0) is 65.1 Å². The highest BCUT2D eigenvalue weighted by molar-refractivity contribution is 4.82. The van der Waals surface area contributed by atoms with Crippen LogP contribution in [0.1, 0.15) is 52.4 Å². The molecule has 2 unspecified atom stereocenters. The Labute approximate surface area is 131 Å². The summed E-state index contributed by atoms with van der Waals surface area (Å²) in [6.45, 7) is 9.69. The van der Waals surface area contributed by atoms with Gasteiger partial charge >= 0.3 is 0 Å². The highest BCUT2D eigenvalue weighted by Crippen LogP contribution is 2.16. The first-order chi connectivity index (χ1) is 10.1. The van der Waals surface area contributed by atoms with E-state index >= 15 is 0 Å². The molecule has 1 saturated heterocycles. The van der Waals surface area contributed by atoms with Crippen molar-refractivity contribution in [1.29, 1.82) is 0 Å². The van der Waals surface area contributed by atoms with Crippen molar-refractivity contribution >= 4 is 0 Å². The van der Waals surface area contributed by atoms with Crippen LogP contribution in [0, 0.1) is 5.92 Å². The summed E-state index contributed by atoms with van der Waals surface area (Å²) in [5, 5.41) is 13.0. The first-order valence-electron chi connectivity index (χ1n) is 8.72. The van der Waals surface area contributed by atoms with Gasteiger partial charge in [0.05, 0.1) is 13.2 Å². The molecule has 1 aliphatic heterocycles. The first kappa shape index (κ1) is 18.9. The van der Waals surface area contributed by atoms with Gasteiger partial charge in [-0.3, -0.25) is 0 Å². The molecule has 1 fully saturated rings. The largest absolute Gasteiger partial charge is 0.394 e. The van der Waals surface area contributed by atoms with E-state index in [1.54, 1.807) is 0 Å². The molecular weight excluding hydrogens is 264 g/mol. The quantitative estimate of drug-likeness (QED) is 0.575. The number of rotatable bonds is 11. The molecular formula is C17H36N2O2. The fraction of sp³-hybridized carbons (Fsp3) is 1.00. The molecule has 0 aromatic rings. The molecule has 1 aliphatic rings. The normalized spacial score (nSPS) is 22.4. The smallest absolute Gasteiger partial charge is 0.0610 e. The topological polar surface area (TPSA) is 44.7 Å². The SMILES string of the molecule is CCCNC(C)(CO)CCCCN(C)CC1CCCOC1. The lowest BCUT2D eigenvalue weighted by atomic mass is 9.95. The Balaban J connectivity index is 2.11. The maximum atomic E-state index is 9.55. The van der Waals surface area contributed by atoms with Crippen LogP contribution in [0.2, 0.25) is 0 Å². The Morgan fingerprint density at radius 1 is 1.38 bits per heavy atom. The minimum absolute atomic E-state index is 0.105. The van der Waals surface area contributed by atoms with Crippen molar-refractivity contribution in [1.82, 2.24) is 10.2 Å². The van der Waals surface area contributed by atoms with Crippen LogP contribution < -0.4 is 5.32 Å². The number of hydrogen-bond acceptors (Lipinski definition) is 4. The molecule has 2 atom stereocenters. The van der Waals surface area contributed by atoms with Gasteiger partial charge in [-0.2, -0.15) is 0 Å². The van der Waals surface area contributed by atoms with Crippen molar-refractivity contribution in [3.8, 4) is 0 Å². The third kappa shape index (κ3) is 8.15. The van der Waals surface area contributed by atoms with E-state index in [1.165, 1.54) is 25.7 Å². The zero-order valence-corrected chi connectivity index (χ0v) is 14.4. The molecule has 0 aliphatic carbocycles. The zero-order chi connectivity index (χ0) is 15.6. The van der Waals surface area contributed by atoms with Crippen molar-refractivity contribution < 1.29 is 9.84 Å². The van der Waals surface area contributed by atoms with Crippen molar-refractivity contribution in [2.24, 2.45) is 5.92 Å². The van der Waals surface area contributed by atoms with Gasteiger partial charge in [0.2, 0.25) is 0 Å². The Kier molecular flexibility index (Phi) is 9.49. The maximum Gasteiger partial charge on any atom is 0.0610 e. The first-order valence-corrected chi connectivity index (χ1v) is 8.72. The van der Waals surface area contributed by atoms with Crippen LogP contribution >= 0.6 is 0 Å². The number of ether oxygens (including phenoxy) is 1. The monoisotopic (exact) mass is 300 g/mol. The molecule has 0 aromatic carbocycles. The Bertz CT molecular complexity index is 257. The fourth-order valence-electron chi connectivity index (χ4n) is 3.03. The summed E-state index contributed by atoms with van der Waals surface area (Å²) in [7, 11) is 2.22. The van der Waals surface area contributed by atoms with E-state index in [0.717, 1.165) is 51.6 Å². The van der Waals surface area contributed by atoms with Gasteiger partial charge in [-0.25, -0.2) is 0 Å². The van der Waals surface area contributed by atoms with Crippen LogP contribution in [0.3, 0.4) is 0 Å². The molecule has 0 spiro atoms. The van der Waals surface area contributed by atoms with Gasteiger partial charge in [0, 0.05) is 18.7 Å². The number of unbranched alkanes of at least 4 members (excludes halogenated alkanes) is 1. The third-order valence-electron chi connectivity index (χ3n) is 4.49. The summed E-state index contributed by atoms with van der Waals surface area (Å²) in [4.78, 5) is 2.44. The van der Waals surface area contributed by atoms with E-state index in [4.69, 9.17) is 4.74 Å². The Hall–Kier alpha value is -0.160. The number of hydrogen-bond donors (Lipinski definition) is 2. The lowest BCUT2D eigenvalue weighted by Crippen LogP contribution is -2.46. The van der Waals surface area contributed by atoms with E-state index in [1.807, 2.05) is 0 Å². The zero-order valence-electron chi connectivity index (χ0n) is 14.4. The standard InChI is InChI=1S/C17H36N2O2/c1-4-10-18-17(2,15-20)9-5-6-11-19(3)13-16-8-7-12-21-14-16/h16,18,20H,4-15H2,1-3H3. The van der Waals surface area contributed by atoms with Crippen LogP contribution in [0.4, 0.5) is 0 Å². The second kappa shape index (κ2) is 10.5. The second-order valence-corrected chi connectivity index (χ2v) is 6.95. The minimum Gasteiger partial charge on any atom is -0.394 e. The van der Waals surface area contributed by atoms with E-state index in [2.05, 4.69) is 31.1 Å². The van der Waals surface area contributed by atoms with Gasteiger partial charge in [-0.1, -0.05) is 13.3 Å². The average Bonchev–Trinajstić information content (AvgIpc) is 2.50. The van der Waals surface area contributed by atoms with Crippen LogP contribution in [-0.4, -0.2) is 62.0 Å². The van der Waals surface area contributed by atoms with Gasteiger partial charge < -0.3 is 20.1 Å². The van der Waals surface area contributed by atoms with Gasteiger partial charge in [0.1, 0.15) is 0 Å². The van der Waals surface area contributed by atoms with Crippen molar-refractivity contribution in [2.75, 3.05) is 46.5 Å². The molecule has 1 heterocycles. The summed E-state index contributed by atoms with van der Waals surface area (Å²) >= 11 is 0. The summed E-state index contributed by atoms with van der Waals surface area (Å²) in [5.41, 5.74) is -0.105. The number of aliphatic hydroxyl groups is 1. The second-order valence-electron chi connectivity index (χ2n) is 6.95. The van der Waals surface area contributed by atoms with Crippen LogP contribution in [0.25, 0.3) is 0 Å². The Morgan fingerprint density at radius 3 is 2.81 bits per heavy atom. The Morgan fingerprint density at radius 2 is 2.19 bits per heavy atom. The molecule has 0 aromatic heterocycles. The van der Waals surface area contributed by atoms with E-state index < -0.39 is 0 Å². The van der Waals surface area contributed by atoms with Crippen molar-refractivity contribution in [3.05, 3.63) is 0 Å². The molecule has 0 bridgehead atoms. The highest BCUT2D eigenvalue weighted by atomic mass is 16.5. The predicted molar refractivity (Wildman–Crippen MR) is 88.7 cm³/mol. The number of nitrogens with one attached hydrogen (secondary N) is 1. The van der Waals surface area contributed by atoms with Gasteiger partial charge in [0.25, 0.3) is 0 Å². The molecule has 4 heteroatoms. The molecule has 0 amide bonds. The van der Waals surface area contributed by atoms with E-state index in [-0.39, 0.29) is 12.1 Å². The molecule has 4 nitrogen and oxygen atoms in total. The minimum atomic E-state index is -0.105. The fourth-order valence-corrected chi connectivity index (χ4v) is 3.03. The summed E-state index contributed by atoms with van der Waals surface area (Å²) < 4.78 is 5.54. The molecule has 126 valence electrons. The lowest BCUT2D eigenvalue weighted by molar-refractivity contribution is 0.0418. The number of aliphatic hydroxyl groups excluding tert-OH is 1. The van der Waals surface area contributed by atoms with Crippen LogP contribution in [0.5, 0.6) is 0 Å². The van der Waals surface area contributed by atoms with Gasteiger partial charge in [0.15, 0.2) is 0 Å². The average molecular weight is 300 g/mol. The summed E-state index contributed by atoms with van der Waals surface area (Å²) in [6.07, 6.45) is 7.06. The highest BCUT2D eigenvalue weighted by Gasteiger charge is 2.21. The predicted octanol–water partition coefficient (Wildman–Crippen LogP) is 2.27. The van der Waals surface area contributed by atoms with Crippen molar-refractivity contribution in [2.45, 2.75) is 57.9 Å². The molecule has 0 radical (unpaired) electrons. The lowest BCUT2D eigenvalue weighted by Gasteiger charge is -2.30. The van der Waals surface area contributed by atoms with Crippen molar-refractivity contribution in [3.63, 3.8) is 0 Å². The van der Waals surface area contributed by atoms with Crippen LogP contribution in [-0.2, 0) is 4.74 Å². The third-order valence-corrected chi connectivity index (χ3v) is 4.49. The maximum absolute atomic E-state index is 9.55. The molecule has 21 heavy (non-hydrogen) atoms. The van der Waals surface area contributed by atoms with E-state index in [9.17, 15) is 5.11 Å². The molecule has 1 rings (SSSR count). The molecule has 0 saturated carbocycles. The van der Waals surface area contributed by atoms with Gasteiger partial charge in [-0.15, -0.1) is 0 Å². The number of nitrogens with zero attached hydrogens (tertiary/aromatic N) is 1. The van der Waals surface area contributed by atoms with E-state index in [0.29, 0.717) is 0 Å². The molecule has 2 N–H and O–H groups in total.